The summed E-state index contributed by atoms with van der Waals surface area (Å²) in [6, 6.07) is 6.33. The van der Waals surface area contributed by atoms with E-state index in [1.54, 1.807) is 12.1 Å². The van der Waals surface area contributed by atoms with Gasteiger partial charge in [-0.05, 0) is 17.7 Å². The second kappa shape index (κ2) is 7.24. The molecule has 1 aromatic rings. The standard InChI is InChI=1S/C13H19F3N2O2S/c1-10(2)17-9-11-3-5-12(6-4-11)21(19,20)18-8-7-13(14,15)16/h3-6,10,17-18H,7-9H2,1-2H3. The zero-order valence-corrected chi connectivity index (χ0v) is 12.7. The minimum absolute atomic E-state index is 0.0435. The summed E-state index contributed by atoms with van der Waals surface area (Å²) in [5.74, 6) is 0. The number of halogens is 3. The van der Waals surface area contributed by atoms with Crippen molar-refractivity contribution in [1.82, 2.24) is 10.0 Å². The molecule has 0 aliphatic carbocycles. The van der Waals surface area contributed by atoms with Crippen LogP contribution in [0.25, 0.3) is 0 Å². The van der Waals surface area contributed by atoms with E-state index < -0.39 is 29.2 Å². The molecule has 1 rings (SSSR count). The number of alkyl halides is 3. The van der Waals surface area contributed by atoms with Crippen molar-refractivity contribution in [3.63, 3.8) is 0 Å². The fourth-order valence-electron chi connectivity index (χ4n) is 1.52. The Bertz CT molecular complexity index is 540. The summed E-state index contributed by atoms with van der Waals surface area (Å²) in [4.78, 5) is -0.0435. The lowest BCUT2D eigenvalue weighted by molar-refractivity contribution is -0.132. The van der Waals surface area contributed by atoms with Crippen molar-refractivity contribution in [1.29, 1.82) is 0 Å². The van der Waals surface area contributed by atoms with Gasteiger partial charge in [0.05, 0.1) is 11.3 Å². The lowest BCUT2D eigenvalue weighted by Crippen LogP contribution is -2.28. The summed E-state index contributed by atoms with van der Waals surface area (Å²) < 4.78 is 61.5. The topological polar surface area (TPSA) is 58.2 Å². The van der Waals surface area contributed by atoms with Gasteiger partial charge in [-0.1, -0.05) is 26.0 Å². The van der Waals surface area contributed by atoms with Crippen LogP contribution < -0.4 is 10.0 Å². The van der Waals surface area contributed by atoms with Crippen LogP contribution in [-0.2, 0) is 16.6 Å². The Kier molecular flexibility index (Phi) is 6.18. The van der Waals surface area contributed by atoms with Crippen LogP contribution in [-0.4, -0.2) is 27.2 Å². The second-order valence-electron chi connectivity index (χ2n) is 4.94. The van der Waals surface area contributed by atoms with Crippen molar-refractivity contribution in [2.24, 2.45) is 0 Å². The van der Waals surface area contributed by atoms with E-state index in [4.69, 9.17) is 0 Å². The highest BCUT2D eigenvalue weighted by Gasteiger charge is 2.27. The van der Waals surface area contributed by atoms with Crippen LogP contribution in [0.15, 0.2) is 29.2 Å². The molecule has 0 saturated heterocycles. The van der Waals surface area contributed by atoms with Gasteiger partial charge in [0.15, 0.2) is 0 Å². The van der Waals surface area contributed by atoms with Crippen molar-refractivity contribution in [2.75, 3.05) is 6.54 Å². The summed E-state index contributed by atoms with van der Waals surface area (Å²) in [6.07, 6.45) is -5.57. The van der Waals surface area contributed by atoms with Gasteiger partial charge in [0, 0.05) is 19.1 Å². The van der Waals surface area contributed by atoms with E-state index in [0.717, 1.165) is 5.56 Å². The van der Waals surface area contributed by atoms with Crippen LogP contribution in [0.3, 0.4) is 0 Å². The molecule has 0 saturated carbocycles. The minimum atomic E-state index is -4.38. The monoisotopic (exact) mass is 324 g/mol. The zero-order valence-electron chi connectivity index (χ0n) is 11.9. The van der Waals surface area contributed by atoms with E-state index in [1.807, 2.05) is 18.6 Å². The third kappa shape index (κ3) is 6.92. The Hall–Kier alpha value is -1.12. The molecule has 120 valence electrons. The fourth-order valence-corrected chi connectivity index (χ4v) is 2.55. The zero-order chi connectivity index (χ0) is 16.1. The van der Waals surface area contributed by atoms with E-state index in [9.17, 15) is 21.6 Å². The average molecular weight is 324 g/mol. The summed E-state index contributed by atoms with van der Waals surface area (Å²) in [5, 5.41) is 3.18. The Balaban J connectivity index is 2.63. The molecule has 1 aromatic carbocycles. The molecule has 4 nitrogen and oxygen atoms in total. The maximum atomic E-state index is 12.0. The van der Waals surface area contributed by atoms with Crippen molar-refractivity contribution in [3.05, 3.63) is 29.8 Å². The van der Waals surface area contributed by atoms with Crippen LogP contribution >= 0.6 is 0 Å². The first-order valence-electron chi connectivity index (χ1n) is 6.49. The predicted molar refractivity (Wildman–Crippen MR) is 74.3 cm³/mol. The van der Waals surface area contributed by atoms with Crippen LogP contribution in [0.2, 0.25) is 0 Å². The molecular weight excluding hydrogens is 305 g/mol. The van der Waals surface area contributed by atoms with E-state index in [1.165, 1.54) is 12.1 Å². The van der Waals surface area contributed by atoms with E-state index in [0.29, 0.717) is 12.6 Å². The number of hydrogen-bond donors (Lipinski definition) is 2. The van der Waals surface area contributed by atoms with Crippen LogP contribution in [0, 0.1) is 0 Å². The lowest BCUT2D eigenvalue weighted by atomic mass is 10.2. The Morgan fingerprint density at radius 1 is 1.14 bits per heavy atom. The number of rotatable bonds is 7. The Morgan fingerprint density at radius 2 is 1.71 bits per heavy atom. The molecule has 0 atom stereocenters. The second-order valence-corrected chi connectivity index (χ2v) is 6.71. The third-order valence-electron chi connectivity index (χ3n) is 2.65. The number of sulfonamides is 1. The maximum Gasteiger partial charge on any atom is 0.390 e. The quantitative estimate of drug-likeness (QED) is 0.810. The van der Waals surface area contributed by atoms with Gasteiger partial charge in [0.25, 0.3) is 0 Å². The van der Waals surface area contributed by atoms with Crippen molar-refractivity contribution in [2.45, 2.75) is 43.9 Å². The summed E-state index contributed by atoms with van der Waals surface area (Å²) in [6.45, 7) is 3.91. The summed E-state index contributed by atoms with van der Waals surface area (Å²) >= 11 is 0. The fraction of sp³-hybridized carbons (Fsp3) is 0.538. The van der Waals surface area contributed by atoms with Gasteiger partial charge in [-0.3, -0.25) is 0 Å². The SMILES string of the molecule is CC(C)NCc1ccc(S(=O)(=O)NCCC(F)(F)F)cc1. The highest BCUT2D eigenvalue weighted by Crippen LogP contribution is 2.19. The molecule has 0 bridgehead atoms. The van der Waals surface area contributed by atoms with Gasteiger partial charge in [-0.15, -0.1) is 0 Å². The van der Waals surface area contributed by atoms with Crippen LogP contribution in [0.5, 0.6) is 0 Å². The Morgan fingerprint density at radius 3 is 2.19 bits per heavy atom. The smallest absolute Gasteiger partial charge is 0.310 e. The largest absolute Gasteiger partial charge is 0.390 e. The lowest BCUT2D eigenvalue weighted by Gasteiger charge is -2.10. The highest BCUT2D eigenvalue weighted by molar-refractivity contribution is 7.89. The van der Waals surface area contributed by atoms with Gasteiger partial charge in [0.1, 0.15) is 0 Å². The summed E-state index contributed by atoms with van der Waals surface area (Å²) in [5.41, 5.74) is 0.901. The molecule has 0 unspecified atom stereocenters. The summed E-state index contributed by atoms with van der Waals surface area (Å²) in [7, 11) is -3.90. The molecule has 0 heterocycles. The van der Waals surface area contributed by atoms with Crippen molar-refractivity contribution >= 4 is 10.0 Å². The molecule has 0 aromatic heterocycles. The first kappa shape index (κ1) is 17.9. The Labute approximate surface area is 122 Å². The minimum Gasteiger partial charge on any atom is -0.310 e. The van der Waals surface area contributed by atoms with Gasteiger partial charge in [0.2, 0.25) is 10.0 Å². The number of nitrogens with one attached hydrogen (secondary N) is 2. The maximum absolute atomic E-state index is 12.0. The molecule has 0 amide bonds. The predicted octanol–water partition coefficient (Wildman–Crippen LogP) is 2.42. The van der Waals surface area contributed by atoms with Crippen LogP contribution in [0.1, 0.15) is 25.8 Å². The average Bonchev–Trinajstić information content (AvgIpc) is 2.35. The molecule has 0 radical (unpaired) electrons. The van der Waals surface area contributed by atoms with E-state index >= 15 is 0 Å². The van der Waals surface area contributed by atoms with E-state index in [-0.39, 0.29) is 4.90 Å². The molecule has 2 N–H and O–H groups in total. The van der Waals surface area contributed by atoms with Gasteiger partial charge < -0.3 is 5.32 Å². The highest BCUT2D eigenvalue weighted by atomic mass is 32.2. The normalized spacial score (nSPS) is 12.9. The first-order chi connectivity index (χ1) is 9.60. The van der Waals surface area contributed by atoms with Gasteiger partial charge in [-0.25, -0.2) is 13.1 Å². The van der Waals surface area contributed by atoms with E-state index in [2.05, 4.69) is 5.32 Å². The molecule has 0 fully saturated rings. The molecule has 0 aliphatic rings. The number of hydrogen-bond acceptors (Lipinski definition) is 3. The molecule has 21 heavy (non-hydrogen) atoms. The van der Waals surface area contributed by atoms with Gasteiger partial charge in [-0.2, -0.15) is 13.2 Å². The van der Waals surface area contributed by atoms with Gasteiger partial charge >= 0.3 is 6.18 Å². The molecular formula is C13H19F3N2O2S. The van der Waals surface area contributed by atoms with Crippen molar-refractivity contribution < 1.29 is 21.6 Å². The number of benzene rings is 1. The molecule has 0 aliphatic heterocycles. The van der Waals surface area contributed by atoms with Crippen LogP contribution in [0.4, 0.5) is 13.2 Å². The first-order valence-corrected chi connectivity index (χ1v) is 7.97. The molecule has 0 spiro atoms. The molecule has 8 heteroatoms. The third-order valence-corrected chi connectivity index (χ3v) is 4.13. The van der Waals surface area contributed by atoms with Crippen molar-refractivity contribution in [3.8, 4) is 0 Å².